The Labute approximate surface area is 125 Å². The molecule has 2 atom stereocenters. The van der Waals surface area contributed by atoms with Crippen molar-refractivity contribution in [2.24, 2.45) is 0 Å². The van der Waals surface area contributed by atoms with E-state index in [9.17, 15) is 13.5 Å². The van der Waals surface area contributed by atoms with Gasteiger partial charge in [0.15, 0.2) is 0 Å². The summed E-state index contributed by atoms with van der Waals surface area (Å²) in [4.78, 5) is 0.167. The molecule has 1 fully saturated rings. The predicted molar refractivity (Wildman–Crippen MR) is 79.0 cm³/mol. The van der Waals surface area contributed by atoms with E-state index in [0.717, 1.165) is 24.8 Å². The van der Waals surface area contributed by atoms with Gasteiger partial charge in [-0.15, -0.1) is 0 Å². The fourth-order valence-corrected chi connectivity index (χ4v) is 3.87. The molecule has 1 saturated carbocycles. The number of hydrogen-bond acceptors (Lipinski definition) is 4. The molecule has 0 aliphatic heterocycles. The maximum absolute atomic E-state index is 12.3. The lowest BCUT2D eigenvalue weighted by atomic mass is 10.1. The average molecular weight is 308 g/mol. The van der Waals surface area contributed by atoms with E-state index in [1.165, 1.54) is 12.1 Å². The number of nitrogens with zero attached hydrogens (tertiary/aromatic N) is 1. The molecule has 0 aromatic heterocycles. The minimum Gasteiger partial charge on any atom is -0.391 e. The SMILES string of the molecule is N#CCc1ccc(S(=O)(=O)NC2CCCCCC2O)cc1. The minimum absolute atomic E-state index is 0.167. The zero-order valence-corrected chi connectivity index (χ0v) is 12.6. The number of hydrogen-bond donors (Lipinski definition) is 2. The Morgan fingerprint density at radius 1 is 1.19 bits per heavy atom. The summed E-state index contributed by atoms with van der Waals surface area (Å²) in [5, 5.41) is 18.6. The predicted octanol–water partition coefficient (Wildman–Crippen LogP) is 1.72. The highest BCUT2D eigenvalue weighted by atomic mass is 32.2. The third-order valence-electron chi connectivity index (χ3n) is 3.80. The molecule has 2 unspecified atom stereocenters. The van der Waals surface area contributed by atoms with E-state index in [1.54, 1.807) is 12.1 Å². The summed E-state index contributed by atoms with van der Waals surface area (Å²) in [7, 11) is -3.63. The first kappa shape index (κ1) is 16.0. The van der Waals surface area contributed by atoms with Crippen molar-refractivity contribution < 1.29 is 13.5 Å². The van der Waals surface area contributed by atoms with Gasteiger partial charge in [0.05, 0.1) is 23.5 Å². The van der Waals surface area contributed by atoms with Crippen LogP contribution in [0.3, 0.4) is 0 Å². The Kier molecular flexibility index (Phi) is 5.34. The van der Waals surface area contributed by atoms with Gasteiger partial charge in [0.1, 0.15) is 0 Å². The molecule has 6 heteroatoms. The quantitative estimate of drug-likeness (QED) is 0.829. The Balaban J connectivity index is 2.12. The normalized spacial score (nSPS) is 23.2. The van der Waals surface area contributed by atoms with Crippen LogP contribution < -0.4 is 4.72 Å². The van der Waals surface area contributed by atoms with Crippen LogP contribution in [0.4, 0.5) is 0 Å². The highest BCUT2D eigenvalue weighted by Gasteiger charge is 2.26. The lowest BCUT2D eigenvalue weighted by Gasteiger charge is -2.21. The molecule has 5 nitrogen and oxygen atoms in total. The van der Waals surface area contributed by atoms with Crippen LogP contribution in [-0.2, 0) is 16.4 Å². The zero-order chi connectivity index (χ0) is 15.3. The summed E-state index contributed by atoms with van der Waals surface area (Å²) in [6.45, 7) is 0. The number of benzene rings is 1. The van der Waals surface area contributed by atoms with E-state index in [0.29, 0.717) is 12.8 Å². The van der Waals surface area contributed by atoms with Gasteiger partial charge in [-0.05, 0) is 30.5 Å². The van der Waals surface area contributed by atoms with Crippen LogP contribution in [0.25, 0.3) is 0 Å². The number of nitrogens with one attached hydrogen (secondary N) is 1. The summed E-state index contributed by atoms with van der Waals surface area (Å²) < 4.78 is 27.3. The summed E-state index contributed by atoms with van der Waals surface area (Å²) in [5.74, 6) is 0. The Morgan fingerprint density at radius 2 is 1.86 bits per heavy atom. The molecular formula is C15H20N2O3S. The van der Waals surface area contributed by atoms with Crippen molar-refractivity contribution in [1.82, 2.24) is 4.72 Å². The molecular weight excluding hydrogens is 288 g/mol. The minimum atomic E-state index is -3.63. The van der Waals surface area contributed by atoms with E-state index in [-0.39, 0.29) is 11.3 Å². The topological polar surface area (TPSA) is 90.2 Å². The lowest BCUT2D eigenvalue weighted by Crippen LogP contribution is -2.42. The van der Waals surface area contributed by atoms with Crippen molar-refractivity contribution >= 4 is 10.0 Å². The average Bonchev–Trinajstić information content (AvgIpc) is 2.65. The second-order valence-electron chi connectivity index (χ2n) is 5.41. The molecule has 0 spiro atoms. The number of nitriles is 1. The molecule has 0 bridgehead atoms. The van der Waals surface area contributed by atoms with Crippen LogP contribution in [0, 0.1) is 11.3 Å². The van der Waals surface area contributed by atoms with Crippen LogP contribution in [0.2, 0.25) is 0 Å². The Morgan fingerprint density at radius 3 is 2.52 bits per heavy atom. The van der Waals surface area contributed by atoms with Gasteiger partial charge in [-0.3, -0.25) is 0 Å². The number of aliphatic hydroxyl groups excluding tert-OH is 1. The van der Waals surface area contributed by atoms with Crippen LogP contribution in [0.5, 0.6) is 0 Å². The van der Waals surface area contributed by atoms with Gasteiger partial charge in [-0.25, -0.2) is 13.1 Å². The van der Waals surface area contributed by atoms with Crippen LogP contribution in [-0.4, -0.2) is 25.7 Å². The van der Waals surface area contributed by atoms with Crippen molar-refractivity contribution in [1.29, 1.82) is 5.26 Å². The van der Waals surface area contributed by atoms with E-state index >= 15 is 0 Å². The molecule has 1 aromatic carbocycles. The molecule has 0 saturated heterocycles. The van der Waals surface area contributed by atoms with Gasteiger partial charge in [0.25, 0.3) is 0 Å². The lowest BCUT2D eigenvalue weighted by molar-refractivity contribution is 0.130. The number of aliphatic hydroxyl groups is 1. The number of sulfonamides is 1. The maximum atomic E-state index is 12.3. The summed E-state index contributed by atoms with van der Waals surface area (Å²) in [6.07, 6.45) is 3.81. The molecule has 1 aromatic rings. The second kappa shape index (κ2) is 7.03. The van der Waals surface area contributed by atoms with Crippen LogP contribution in [0.15, 0.2) is 29.2 Å². The molecule has 1 aliphatic rings. The van der Waals surface area contributed by atoms with E-state index in [2.05, 4.69) is 4.72 Å². The van der Waals surface area contributed by atoms with Gasteiger partial charge in [-0.2, -0.15) is 5.26 Å². The molecule has 2 rings (SSSR count). The van der Waals surface area contributed by atoms with Gasteiger partial charge in [0, 0.05) is 6.04 Å². The van der Waals surface area contributed by atoms with E-state index in [4.69, 9.17) is 5.26 Å². The van der Waals surface area contributed by atoms with Crippen molar-refractivity contribution in [3.05, 3.63) is 29.8 Å². The maximum Gasteiger partial charge on any atom is 0.240 e. The zero-order valence-electron chi connectivity index (χ0n) is 11.8. The monoisotopic (exact) mass is 308 g/mol. The van der Waals surface area contributed by atoms with Crippen LogP contribution in [0.1, 0.15) is 37.7 Å². The summed E-state index contributed by atoms with van der Waals surface area (Å²) in [6, 6.07) is 7.88. The standard InChI is InChI=1S/C15H20N2O3S/c16-11-10-12-6-8-13(9-7-12)21(19,20)17-14-4-2-1-3-5-15(14)18/h6-9,14-15,17-18H,1-5,10H2. The van der Waals surface area contributed by atoms with Gasteiger partial charge in [-0.1, -0.05) is 31.4 Å². The smallest absolute Gasteiger partial charge is 0.240 e. The summed E-state index contributed by atoms with van der Waals surface area (Å²) in [5.41, 5.74) is 0.783. The second-order valence-corrected chi connectivity index (χ2v) is 7.13. The van der Waals surface area contributed by atoms with E-state index in [1.807, 2.05) is 6.07 Å². The van der Waals surface area contributed by atoms with Gasteiger partial charge < -0.3 is 5.11 Å². The number of rotatable bonds is 4. The van der Waals surface area contributed by atoms with Gasteiger partial charge >= 0.3 is 0 Å². The summed E-state index contributed by atoms with van der Waals surface area (Å²) >= 11 is 0. The van der Waals surface area contributed by atoms with Crippen molar-refractivity contribution in [3.63, 3.8) is 0 Å². The fourth-order valence-electron chi connectivity index (χ4n) is 2.57. The largest absolute Gasteiger partial charge is 0.391 e. The fraction of sp³-hybridized carbons (Fsp3) is 0.533. The third kappa shape index (κ3) is 4.27. The van der Waals surface area contributed by atoms with Crippen molar-refractivity contribution in [3.8, 4) is 6.07 Å². The first-order valence-electron chi connectivity index (χ1n) is 7.19. The molecule has 0 heterocycles. The first-order valence-corrected chi connectivity index (χ1v) is 8.67. The first-order chi connectivity index (χ1) is 10.0. The molecule has 21 heavy (non-hydrogen) atoms. The Bertz CT molecular complexity index is 605. The van der Waals surface area contributed by atoms with Crippen LogP contribution >= 0.6 is 0 Å². The molecule has 1 aliphatic carbocycles. The highest BCUT2D eigenvalue weighted by molar-refractivity contribution is 7.89. The molecule has 0 amide bonds. The third-order valence-corrected chi connectivity index (χ3v) is 5.31. The Hall–Kier alpha value is -1.42. The van der Waals surface area contributed by atoms with Crippen molar-refractivity contribution in [2.75, 3.05) is 0 Å². The highest BCUT2D eigenvalue weighted by Crippen LogP contribution is 2.20. The molecule has 0 radical (unpaired) electrons. The van der Waals surface area contributed by atoms with Gasteiger partial charge in [0.2, 0.25) is 10.0 Å². The van der Waals surface area contributed by atoms with Crippen molar-refractivity contribution in [2.45, 2.75) is 55.6 Å². The van der Waals surface area contributed by atoms with E-state index < -0.39 is 22.2 Å². The molecule has 114 valence electrons. The molecule has 2 N–H and O–H groups in total.